The zero-order chi connectivity index (χ0) is 13.1. The Hall–Kier alpha value is -1.69. The summed E-state index contributed by atoms with van der Waals surface area (Å²) < 4.78 is 0. The zero-order valence-corrected chi connectivity index (χ0v) is 10.5. The van der Waals surface area contributed by atoms with Gasteiger partial charge in [-0.3, -0.25) is 10.1 Å². The largest absolute Gasteiger partial charge is 0.347 e. The van der Waals surface area contributed by atoms with Gasteiger partial charge in [0.05, 0.1) is 4.92 Å². The molecule has 2 heterocycles. The number of hydrogen-bond donors (Lipinski definition) is 1. The van der Waals surface area contributed by atoms with Crippen molar-refractivity contribution in [2.45, 2.75) is 32.2 Å². The molecular weight excluding hydrogens is 232 g/mol. The van der Waals surface area contributed by atoms with Crippen molar-refractivity contribution in [3.8, 4) is 0 Å². The summed E-state index contributed by atoms with van der Waals surface area (Å²) in [5.41, 5.74) is 6.62. The lowest BCUT2D eigenvalue weighted by molar-refractivity contribution is -0.384. The van der Waals surface area contributed by atoms with Gasteiger partial charge in [-0.2, -0.15) is 0 Å². The molecule has 0 aromatic carbocycles. The van der Waals surface area contributed by atoms with Crippen LogP contribution in [0.15, 0.2) is 12.3 Å². The lowest BCUT2D eigenvalue weighted by atomic mass is 10.0. The first kappa shape index (κ1) is 12.8. The third kappa shape index (κ3) is 2.43. The van der Waals surface area contributed by atoms with Crippen LogP contribution in [0, 0.1) is 17.0 Å². The fourth-order valence-corrected chi connectivity index (χ4v) is 2.43. The molecular formula is C12H18N4O2. The van der Waals surface area contributed by atoms with Crippen molar-refractivity contribution in [3.05, 3.63) is 27.9 Å². The van der Waals surface area contributed by atoms with Gasteiger partial charge in [0.2, 0.25) is 5.82 Å². The van der Waals surface area contributed by atoms with Gasteiger partial charge in [-0.05, 0) is 31.7 Å². The highest BCUT2D eigenvalue weighted by Gasteiger charge is 2.28. The van der Waals surface area contributed by atoms with Crippen molar-refractivity contribution < 1.29 is 4.92 Å². The zero-order valence-electron chi connectivity index (χ0n) is 10.5. The van der Waals surface area contributed by atoms with Gasteiger partial charge in [-0.15, -0.1) is 0 Å². The molecule has 0 aliphatic carbocycles. The minimum Gasteiger partial charge on any atom is -0.347 e. The van der Waals surface area contributed by atoms with Crippen LogP contribution in [0.3, 0.4) is 0 Å². The molecule has 0 spiro atoms. The Balaban J connectivity index is 2.39. The second-order valence-corrected chi connectivity index (χ2v) is 4.69. The van der Waals surface area contributed by atoms with E-state index in [1.165, 1.54) is 0 Å². The second kappa shape index (κ2) is 5.30. The summed E-state index contributed by atoms with van der Waals surface area (Å²) in [6.07, 6.45) is 4.80. The quantitative estimate of drug-likeness (QED) is 0.650. The van der Waals surface area contributed by atoms with Gasteiger partial charge in [0.15, 0.2) is 0 Å². The van der Waals surface area contributed by atoms with Crippen LogP contribution in [0.25, 0.3) is 0 Å². The Morgan fingerprint density at radius 3 is 3.06 bits per heavy atom. The number of aromatic nitrogens is 1. The first-order valence-corrected chi connectivity index (χ1v) is 6.21. The molecule has 98 valence electrons. The number of aryl methyl sites for hydroxylation is 1. The van der Waals surface area contributed by atoms with E-state index >= 15 is 0 Å². The van der Waals surface area contributed by atoms with Gasteiger partial charge in [-0.1, -0.05) is 0 Å². The molecule has 1 aliphatic rings. The Kier molecular flexibility index (Phi) is 3.76. The normalized spacial score (nSPS) is 19.9. The summed E-state index contributed by atoms with van der Waals surface area (Å²) in [6, 6.07) is 1.73. The van der Waals surface area contributed by atoms with Crippen LogP contribution in [-0.4, -0.2) is 29.0 Å². The molecule has 18 heavy (non-hydrogen) atoms. The number of pyridine rings is 1. The van der Waals surface area contributed by atoms with Crippen LogP contribution in [0.1, 0.15) is 24.8 Å². The number of hydrogen-bond acceptors (Lipinski definition) is 5. The van der Waals surface area contributed by atoms with Gasteiger partial charge in [0, 0.05) is 31.4 Å². The van der Waals surface area contributed by atoms with Gasteiger partial charge >= 0.3 is 5.69 Å². The first-order valence-electron chi connectivity index (χ1n) is 6.21. The number of anilines is 1. The van der Waals surface area contributed by atoms with Crippen molar-refractivity contribution in [2.24, 2.45) is 5.73 Å². The smallest absolute Gasteiger partial charge is 0.311 e. The SMILES string of the molecule is Cc1cnc(N2CCCCC2CN)c([N+](=O)[O-])c1. The number of nitrogens with zero attached hydrogens (tertiary/aromatic N) is 3. The van der Waals surface area contributed by atoms with Crippen molar-refractivity contribution in [2.75, 3.05) is 18.0 Å². The number of rotatable bonds is 3. The molecule has 1 aliphatic heterocycles. The predicted molar refractivity (Wildman–Crippen MR) is 69.7 cm³/mol. The molecule has 0 radical (unpaired) electrons. The van der Waals surface area contributed by atoms with Crippen molar-refractivity contribution >= 4 is 11.5 Å². The molecule has 1 atom stereocenters. The van der Waals surface area contributed by atoms with Crippen LogP contribution in [0.4, 0.5) is 11.5 Å². The van der Waals surface area contributed by atoms with Gasteiger partial charge < -0.3 is 10.6 Å². The Bertz CT molecular complexity index is 450. The molecule has 2 N–H and O–H groups in total. The molecule has 1 aromatic heterocycles. The molecule has 6 nitrogen and oxygen atoms in total. The summed E-state index contributed by atoms with van der Waals surface area (Å²) in [5, 5.41) is 11.1. The third-order valence-electron chi connectivity index (χ3n) is 3.35. The fourth-order valence-electron chi connectivity index (χ4n) is 2.43. The minimum atomic E-state index is -0.364. The van der Waals surface area contributed by atoms with Gasteiger partial charge in [0.25, 0.3) is 0 Å². The molecule has 1 saturated heterocycles. The summed E-state index contributed by atoms with van der Waals surface area (Å²) in [4.78, 5) is 17.0. The summed E-state index contributed by atoms with van der Waals surface area (Å²) in [5.74, 6) is 0.459. The molecule has 6 heteroatoms. The number of nitrogens with two attached hydrogens (primary N) is 1. The molecule has 1 aromatic rings. The predicted octanol–water partition coefficient (Wildman–Crippen LogP) is 1.62. The Morgan fingerprint density at radius 1 is 1.61 bits per heavy atom. The van der Waals surface area contributed by atoms with Crippen molar-refractivity contribution in [3.63, 3.8) is 0 Å². The summed E-state index contributed by atoms with van der Waals surface area (Å²) in [7, 11) is 0. The summed E-state index contributed by atoms with van der Waals surface area (Å²) in [6.45, 7) is 3.10. The molecule has 2 rings (SSSR count). The van der Waals surface area contributed by atoms with E-state index in [9.17, 15) is 10.1 Å². The lowest BCUT2D eigenvalue weighted by Crippen LogP contribution is -2.44. The fraction of sp³-hybridized carbons (Fsp3) is 0.583. The molecule has 0 bridgehead atoms. The first-order chi connectivity index (χ1) is 8.63. The van der Waals surface area contributed by atoms with Crippen LogP contribution in [-0.2, 0) is 0 Å². The standard InChI is InChI=1S/C12H18N4O2/c1-9-6-11(16(17)18)12(14-8-9)15-5-3-2-4-10(15)7-13/h6,8,10H,2-5,7,13H2,1H3. The highest BCUT2D eigenvalue weighted by molar-refractivity contribution is 5.59. The average molecular weight is 250 g/mol. The van der Waals surface area contributed by atoms with Crippen molar-refractivity contribution in [1.29, 1.82) is 0 Å². The number of nitro groups is 1. The van der Waals surface area contributed by atoms with E-state index in [-0.39, 0.29) is 16.7 Å². The number of piperidine rings is 1. The maximum Gasteiger partial charge on any atom is 0.311 e. The molecule has 0 amide bonds. The maximum absolute atomic E-state index is 11.1. The average Bonchev–Trinajstić information content (AvgIpc) is 2.38. The highest BCUT2D eigenvalue weighted by atomic mass is 16.6. The van der Waals surface area contributed by atoms with Gasteiger partial charge in [0.1, 0.15) is 0 Å². The van der Waals surface area contributed by atoms with Crippen LogP contribution >= 0.6 is 0 Å². The van der Waals surface area contributed by atoms with E-state index in [1.807, 2.05) is 4.90 Å². The van der Waals surface area contributed by atoms with E-state index in [2.05, 4.69) is 4.98 Å². The van der Waals surface area contributed by atoms with Crippen LogP contribution in [0.2, 0.25) is 0 Å². The van der Waals surface area contributed by atoms with Gasteiger partial charge in [-0.25, -0.2) is 4.98 Å². The van der Waals surface area contributed by atoms with E-state index in [0.717, 1.165) is 31.4 Å². The molecule has 0 saturated carbocycles. The molecule has 1 unspecified atom stereocenters. The summed E-state index contributed by atoms with van der Waals surface area (Å²) >= 11 is 0. The monoisotopic (exact) mass is 250 g/mol. The van der Waals surface area contributed by atoms with E-state index < -0.39 is 0 Å². The van der Waals surface area contributed by atoms with E-state index in [4.69, 9.17) is 5.73 Å². The lowest BCUT2D eigenvalue weighted by Gasteiger charge is -2.35. The highest BCUT2D eigenvalue weighted by Crippen LogP contribution is 2.31. The molecule has 1 fully saturated rings. The van der Waals surface area contributed by atoms with E-state index in [0.29, 0.717) is 12.4 Å². The maximum atomic E-state index is 11.1. The van der Waals surface area contributed by atoms with Crippen molar-refractivity contribution in [1.82, 2.24) is 4.98 Å². The minimum absolute atomic E-state index is 0.0790. The van der Waals surface area contributed by atoms with Crippen LogP contribution < -0.4 is 10.6 Å². The Morgan fingerprint density at radius 2 is 2.39 bits per heavy atom. The Labute approximate surface area is 106 Å². The van der Waals surface area contributed by atoms with Crippen LogP contribution in [0.5, 0.6) is 0 Å². The van der Waals surface area contributed by atoms with E-state index in [1.54, 1.807) is 19.2 Å². The second-order valence-electron chi connectivity index (χ2n) is 4.69. The topological polar surface area (TPSA) is 85.3 Å². The third-order valence-corrected chi connectivity index (χ3v) is 3.35.